The molecule has 0 atom stereocenters. The Balaban J connectivity index is 2.43. The summed E-state index contributed by atoms with van der Waals surface area (Å²) in [6, 6.07) is 0. The van der Waals surface area contributed by atoms with Gasteiger partial charge in [0.2, 0.25) is 5.82 Å². The molecule has 12 heavy (non-hydrogen) atoms. The van der Waals surface area contributed by atoms with Gasteiger partial charge in [-0.05, 0) is 13.8 Å². The molecular weight excluding hydrogens is 172 g/mol. The van der Waals surface area contributed by atoms with Crippen molar-refractivity contribution in [3.8, 4) is 11.5 Å². The van der Waals surface area contributed by atoms with Crippen LogP contribution in [0.4, 0.5) is 0 Å². The summed E-state index contributed by atoms with van der Waals surface area (Å²) in [5, 5.41) is 9.78. The van der Waals surface area contributed by atoms with Crippen molar-refractivity contribution < 1.29 is 0 Å². The van der Waals surface area contributed by atoms with Crippen LogP contribution in [0.15, 0.2) is 5.38 Å². The summed E-state index contributed by atoms with van der Waals surface area (Å²) in [5.41, 5.74) is 0.849. The van der Waals surface area contributed by atoms with Crippen LogP contribution in [0.25, 0.3) is 11.5 Å². The average molecular weight is 180 g/mol. The van der Waals surface area contributed by atoms with Gasteiger partial charge in [-0.15, -0.1) is 11.3 Å². The summed E-state index contributed by atoms with van der Waals surface area (Å²) in [6.07, 6.45) is 0. The van der Waals surface area contributed by atoms with Crippen LogP contribution >= 0.6 is 11.3 Å². The summed E-state index contributed by atoms with van der Waals surface area (Å²) < 4.78 is 0. The van der Waals surface area contributed by atoms with Crippen molar-refractivity contribution in [1.82, 2.24) is 20.2 Å². The number of thiazole rings is 1. The Morgan fingerprint density at radius 3 is 2.67 bits per heavy atom. The first-order valence-electron chi connectivity index (χ1n) is 3.57. The molecule has 0 aliphatic rings. The zero-order chi connectivity index (χ0) is 8.55. The van der Waals surface area contributed by atoms with E-state index < -0.39 is 0 Å². The summed E-state index contributed by atoms with van der Waals surface area (Å²) in [7, 11) is 0. The molecule has 0 unspecified atom stereocenters. The van der Waals surface area contributed by atoms with E-state index >= 15 is 0 Å². The molecule has 0 aromatic carbocycles. The predicted molar refractivity (Wildman–Crippen MR) is 47.0 cm³/mol. The molecule has 0 saturated heterocycles. The smallest absolute Gasteiger partial charge is 0.200 e. The summed E-state index contributed by atoms with van der Waals surface area (Å²) in [5.74, 6) is 1.49. The molecule has 4 nitrogen and oxygen atoms in total. The second kappa shape index (κ2) is 2.67. The number of hydrogen-bond donors (Lipinski definition) is 1. The lowest BCUT2D eigenvalue weighted by Crippen LogP contribution is -1.80. The monoisotopic (exact) mass is 180 g/mol. The highest BCUT2D eigenvalue weighted by Gasteiger charge is 2.05. The lowest BCUT2D eigenvalue weighted by atomic mass is 10.5. The minimum atomic E-state index is 0.678. The molecule has 2 heterocycles. The van der Waals surface area contributed by atoms with Crippen LogP contribution in [0.3, 0.4) is 0 Å². The quantitative estimate of drug-likeness (QED) is 0.724. The molecule has 0 aliphatic heterocycles. The fourth-order valence-electron chi connectivity index (χ4n) is 0.923. The first kappa shape index (κ1) is 7.42. The standard InChI is InChI=1S/C7H8N4S/c1-4-8-7(11-10-4)6-3-12-5(2)9-6/h3H,1-2H3,(H,8,10,11). The Kier molecular flexibility index (Phi) is 1.65. The van der Waals surface area contributed by atoms with Crippen LogP contribution < -0.4 is 0 Å². The summed E-state index contributed by atoms with van der Waals surface area (Å²) in [6.45, 7) is 3.84. The van der Waals surface area contributed by atoms with E-state index in [0.29, 0.717) is 5.82 Å². The number of aromatic nitrogens is 4. The fraction of sp³-hybridized carbons (Fsp3) is 0.286. The first-order valence-corrected chi connectivity index (χ1v) is 4.45. The van der Waals surface area contributed by atoms with Gasteiger partial charge < -0.3 is 0 Å². The van der Waals surface area contributed by atoms with Crippen LogP contribution in [0, 0.1) is 13.8 Å². The fourth-order valence-corrected chi connectivity index (χ4v) is 1.51. The number of nitrogens with zero attached hydrogens (tertiary/aromatic N) is 3. The highest BCUT2D eigenvalue weighted by atomic mass is 32.1. The Bertz CT molecular complexity index is 351. The van der Waals surface area contributed by atoms with Crippen molar-refractivity contribution in [2.24, 2.45) is 0 Å². The zero-order valence-electron chi connectivity index (χ0n) is 6.83. The van der Waals surface area contributed by atoms with Crippen LogP contribution in [0.2, 0.25) is 0 Å². The molecule has 2 rings (SSSR count). The van der Waals surface area contributed by atoms with E-state index in [9.17, 15) is 0 Å². The van der Waals surface area contributed by atoms with Gasteiger partial charge in [0.05, 0.1) is 5.01 Å². The first-order chi connectivity index (χ1) is 5.75. The number of nitrogens with one attached hydrogen (secondary N) is 1. The Morgan fingerprint density at radius 1 is 1.33 bits per heavy atom. The van der Waals surface area contributed by atoms with E-state index in [1.165, 1.54) is 0 Å². The summed E-state index contributed by atoms with van der Waals surface area (Å²) in [4.78, 5) is 8.44. The number of aryl methyl sites for hydroxylation is 2. The van der Waals surface area contributed by atoms with Crippen LogP contribution in [0.5, 0.6) is 0 Å². The van der Waals surface area contributed by atoms with E-state index in [4.69, 9.17) is 0 Å². The van der Waals surface area contributed by atoms with Crippen molar-refractivity contribution in [3.05, 3.63) is 16.2 Å². The second-order valence-electron chi connectivity index (χ2n) is 2.50. The predicted octanol–water partition coefficient (Wildman–Crippen LogP) is 1.55. The second-order valence-corrected chi connectivity index (χ2v) is 3.56. The topological polar surface area (TPSA) is 54.5 Å². The Labute approximate surface area is 73.7 Å². The molecule has 0 spiro atoms. The van der Waals surface area contributed by atoms with Gasteiger partial charge in [0.25, 0.3) is 0 Å². The van der Waals surface area contributed by atoms with Gasteiger partial charge in [-0.3, -0.25) is 5.10 Å². The molecule has 0 bridgehead atoms. The maximum atomic E-state index is 4.27. The minimum absolute atomic E-state index is 0.678. The molecule has 2 aromatic rings. The normalized spacial score (nSPS) is 10.5. The zero-order valence-corrected chi connectivity index (χ0v) is 7.64. The number of H-pyrrole nitrogens is 1. The third-order valence-electron chi connectivity index (χ3n) is 1.45. The minimum Gasteiger partial charge on any atom is -0.263 e. The Morgan fingerprint density at radius 2 is 2.17 bits per heavy atom. The van der Waals surface area contributed by atoms with Gasteiger partial charge in [-0.25, -0.2) is 9.97 Å². The molecule has 0 saturated carbocycles. The molecule has 0 radical (unpaired) electrons. The largest absolute Gasteiger partial charge is 0.263 e. The molecule has 62 valence electrons. The Hall–Kier alpha value is -1.23. The van der Waals surface area contributed by atoms with Crippen molar-refractivity contribution >= 4 is 11.3 Å². The third kappa shape index (κ3) is 1.23. The number of hydrogen-bond acceptors (Lipinski definition) is 4. The van der Waals surface area contributed by atoms with Crippen molar-refractivity contribution in [1.29, 1.82) is 0 Å². The highest BCUT2D eigenvalue weighted by molar-refractivity contribution is 7.09. The average Bonchev–Trinajstić information content (AvgIpc) is 2.58. The summed E-state index contributed by atoms with van der Waals surface area (Å²) >= 11 is 1.60. The van der Waals surface area contributed by atoms with Crippen LogP contribution in [0.1, 0.15) is 10.8 Å². The maximum absolute atomic E-state index is 4.27. The van der Waals surface area contributed by atoms with E-state index in [0.717, 1.165) is 16.5 Å². The SMILES string of the molecule is Cc1nc(-c2csc(C)n2)n[nH]1. The molecule has 0 aliphatic carbocycles. The van der Waals surface area contributed by atoms with E-state index in [2.05, 4.69) is 20.2 Å². The molecule has 0 fully saturated rings. The van der Waals surface area contributed by atoms with Crippen molar-refractivity contribution in [2.45, 2.75) is 13.8 Å². The third-order valence-corrected chi connectivity index (χ3v) is 2.22. The van der Waals surface area contributed by atoms with Gasteiger partial charge in [-0.1, -0.05) is 0 Å². The molecule has 5 heteroatoms. The number of aromatic amines is 1. The molecular formula is C7H8N4S. The lowest BCUT2D eigenvalue weighted by Gasteiger charge is -1.82. The molecule has 0 amide bonds. The van der Waals surface area contributed by atoms with Gasteiger partial charge in [0.1, 0.15) is 11.5 Å². The molecule has 1 N–H and O–H groups in total. The molecule has 2 aromatic heterocycles. The van der Waals surface area contributed by atoms with Gasteiger partial charge in [0.15, 0.2) is 0 Å². The van der Waals surface area contributed by atoms with E-state index in [1.807, 2.05) is 19.2 Å². The van der Waals surface area contributed by atoms with Gasteiger partial charge in [0, 0.05) is 5.38 Å². The lowest BCUT2D eigenvalue weighted by molar-refractivity contribution is 1.04. The maximum Gasteiger partial charge on any atom is 0.200 e. The van der Waals surface area contributed by atoms with Crippen LogP contribution in [-0.4, -0.2) is 20.2 Å². The van der Waals surface area contributed by atoms with Gasteiger partial charge >= 0.3 is 0 Å². The van der Waals surface area contributed by atoms with E-state index in [1.54, 1.807) is 11.3 Å². The van der Waals surface area contributed by atoms with Crippen molar-refractivity contribution in [2.75, 3.05) is 0 Å². The van der Waals surface area contributed by atoms with Crippen molar-refractivity contribution in [3.63, 3.8) is 0 Å². The van der Waals surface area contributed by atoms with E-state index in [-0.39, 0.29) is 0 Å². The highest BCUT2D eigenvalue weighted by Crippen LogP contribution is 2.16. The van der Waals surface area contributed by atoms with Crippen LogP contribution in [-0.2, 0) is 0 Å². The van der Waals surface area contributed by atoms with Gasteiger partial charge in [-0.2, -0.15) is 5.10 Å². The number of rotatable bonds is 1.